The number of hydrogen-bond donors (Lipinski definition) is 0. The van der Waals surface area contributed by atoms with Gasteiger partial charge in [-0.15, -0.1) is 11.3 Å². The second-order valence-electron chi connectivity index (χ2n) is 4.83. The van der Waals surface area contributed by atoms with Crippen LogP contribution in [-0.4, -0.2) is 30.1 Å². The summed E-state index contributed by atoms with van der Waals surface area (Å²) in [6, 6.07) is 7.78. The van der Waals surface area contributed by atoms with Gasteiger partial charge in [-0.25, -0.2) is 0 Å². The van der Waals surface area contributed by atoms with E-state index < -0.39 is 0 Å². The molecular weight excluding hydrogens is 274 g/mol. The second kappa shape index (κ2) is 6.24. The lowest BCUT2D eigenvalue weighted by molar-refractivity contribution is 0.0252. The third-order valence-electron chi connectivity index (χ3n) is 3.53. The maximum Gasteiger partial charge on any atom is 0.290 e. The standard InChI is InChI=1S/C15H17NO3S/c17-15(14-4-1-7-19-14)16(11-13-3-2-10-20-13)12-5-8-18-9-6-12/h1-4,7,10,12H,5-6,8-9,11H2. The van der Waals surface area contributed by atoms with Crippen molar-refractivity contribution < 1.29 is 13.9 Å². The molecule has 106 valence electrons. The summed E-state index contributed by atoms with van der Waals surface area (Å²) in [6.45, 7) is 2.08. The Hall–Kier alpha value is -1.59. The van der Waals surface area contributed by atoms with Gasteiger partial charge < -0.3 is 14.1 Å². The maximum absolute atomic E-state index is 12.6. The Morgan fingerprint density at radius 1 is 1.30 bits per heavy atom. The van der Waals surface area contributed by atoms with Gasteiger partial charge in [-0.2, -0.15) is 0 Å². The molecule has 1 aliphatic rings. The van der Waals surface area contributed by atoms with Crippen molar-refractivity contribution >= 4 is 17.2 Å². The van der Waals surface area contributed by atoms with Crippen LogP contribution >= 0.6 is 11.3 Å². The first-order valence-electron chi connectivity index (χ1n) is 6.79. The average Bonchev–Trinajstić information content (AvgIpc) is 3.18. The molecule has 0 aromatic carbocycles. The molecule has 3 rings (SSSR count). The number of carbonyl (C=O) groups excluding carboxylic acids is 1. The average molecular weight is 291 g/mol. The Bertz CT molecular complexity index is 529. The van der Waals surface area contributed by atoms with Crippen LogP contribution in [0.1, 0.15) is 28.3 Å². The number of amides is 1. The van der Waals surface area contributed by atoms with E-state index in [1.165, 1.54) is 4.88 Å². The van der Waals surface area contributed by atoms with Gasteiger partial charge in [-0.05, 0) is 36.4 Å². The van der Waals surface area contributed by atoms with E-state index in [-0.39, 0.29) is 11.9 Å². The number of nitrogens with zero attached hydrogens (tertiary/aromatic N) is 1. The number of rotatable bonds is 4. The quantitative estimate of drug-likeness (QED) is 0.869. The third-order valence-corrected chi connectivity index (χ3v) is 4.39. The number of hydrogen-bond acceptors (Lipinski definition) is 4. The van der Waals surface area contributed by atoms with Gasteiger partial charge in [0.25, 0.3) is 5.91 Å². The van der Waals surface area contributed by atoms with Crippen LogP contribution in [0.15, 0.2) is 40.3 Å². The molecule has 4 nitrogen and oxygen atoms in total. The van der Waals surface area contributed by atoms with E-state index in [1.54, 1.807) is 29.7 Å². The molecule has 1 aliphatic heterocycles. The van der Waals surface area contributed by atoms with Gasteiger partial charge in [-0.3, -0.25) is 4.79 Å². The summed E-state index contributed by atoms with van der Waals surface area (Å²) in [5, 5.41) is 2.04. The zero-order valence-electron chi connectivity index (χ0n) is 11.2. The van der Waals surface area contributed by atoms with E-state index in [0.29, 0.717) is 12.3 Å². The molecule has 1 saturated heterocycles. The Kier molecular flexibility index (Phi) is 4.18. The molecule has 3 heterocycles. The van der Waals surface area contributed by atoms with Gasteiger partial charge in [-0.1, -0.05) is 6.07 Å². The Morgan fingerprint density at radius 3 is 2.80 bits per heavy atom. The molecule has 0 unspecified atom stereocenters. The highest BCUT2D eigenvalue weighted by molar-refractivity contribution is 7.09. The normalized spacial score (nSPS) is 16.2. The number of carbonyl (C=O) groups is 1. The third kappa shape index (κ3) is 2.94. The first-order valence-corrected chi connectivity index (χ1v) is 7.67. The largest absolute Gasteiger partial charge is 0.459 e. The first kappa shape index (κ1) is 13.4. The van der Waals surface area contributed by atoms with Gasteiger partial charge >= 0.3 is 0 Å². The van der Waals surface area contributed by atoms with Crippen LogP contribution in [0, 0.1) is 0 Å². The molecule has 1 amide bonds. The fourth-order valence-corrected chi connectivity index (χ4v) is 3.18. The molecule has 1 fully saturated rings. The number of furan rings is 1. The minimum atomic E-state index is -0.0321. The number of ether oxygens (including phenoxy) is 1. The van der Waals surface area contributed by atoms with Gasteiger partial charge in [0, 0.05) is 24.1 Å². The van der Waals surface area contributed by atoms with Crippen molar-refractivity contribution in [3.8, 4) is 0 Å². The SMILES string of the molecule is O=C(c1ccco1)N(Cc1cccs1)C1CCOCC1. The monoisotopic (exact) mass is 291 g/mol. The summed E-state index contributed by atoms with van der Waals surface area (Å²) < 4.78 is 10.7. The highest BCUT2D eigenvalue weighted by Crippen LogP contribution is 2.22. The minimum Gasteiger partial charge on any atom is -0.459 e. The molecule has 5 heteroatoms. The molecule has 0 aliphatic carbocycles. The zero-order valence-corrected chi connectivity index (χ0v) is 12.0. The van der Waals surface area contributed by atoms with Crippen molar-refractivity contribution in [2.75, 3.05) is 13.2 Å². The molecular formula is C15H17NO3S. The summed E-state index contributed by atoms with van der Waals surface area (Å²) in [5.74, 6) is 0.378. The van der Waals surface area contributed by atoms with Crippen LogP contribution in [-0.2, 0) is 11.3 Å². The van der Waals surface area contributed by atoms with E-state index >= 15 is 0 Å². The molecule has 0 bridgehead atoms. The molecule has 0 atom stereocenters. The summed E-state index contributed by atoms with van der Waals surface area (Å²) in [4.78, 5) is 15.7. The first-order chi connectivity index (χ1) is 9.84. The van der Waals surface area contributed by atoms with Crippen LogP contribution in [0.2, 0.25) is 0 Å². The van der Waals surface area contributed by atoms with Crippen molar-refractivity contribution in [1.82, 2.24) is 4.90 Å². The van der Waals surface area contributed by atoms with E-state index in [1.807, 2.05) is 16.3 Å². The summed E-state index contributed by atoms with van der Waals surface area (Å²) in [6.07, 6.45) is 3.32. The summed E-state index contributed by atoms with van der Waals surface area (Å²) in [5.41, 5.74) is 0. The van der Waals surface area contributed by atoms with Gasteiger partial charge in [0.15, 0.2) is 5.76 Å². The predicted octanol–water partition coefficient (Wildman–Crippen LogP) is 3.16. The van der Waals surface area contributed by atoms with E-state index in [0.717, 1.165) is 26.1 Å². The molecule has 2 aromatic rings. The van der Waals surface area contributed by atoms with Crippen LogP contribution in [0.25, 0.3) is 0 Å². The second-order valence-corrected chi connectivity index (χ2v) is 5.87. The summed E-state index contributed by atoms with van der Waals surface area (Å²) >= 11 is 1.67. The molecule has 0 N–H and O–H groups in total. The predicted molar refractivity (Wildman–Crippen MR) is 76.7 cm³/mol. The Labute approximate surface area is 122 Å². The van der Waals surface area contributed by atoms with Crippen molar-refractivity contribution in [1.29, 1.82) is 0 Å². The van der Waals surface area contributed by atoms with Crippen LogP contribution in [0.3, 0.4) is 0 Å². The van der Waals surface area contributed by atoms with Gasteiger partial charge in [0.1, 0.15) is 0 Å². The van der Waals surface area contributed by atoms with Crippen LogP contribution < -0.4 is 0 Å². The van der Waals surface area contributed by atoms with Crippen LogP contribution in [0.4, 0.5) is 0 Å². The molecule has 0 radical (unpaired) electrons. The smallest absolute Gasteiger partial charge is 0.290 e. The van der Waals surface area contributed by atoms with Crippen LogP contribution in [0.5, 0.6) is 0 Å². The fourth-order valence-electron chi connectivity index (χ4n) is 2.48. The van der Waals surface area contributed by atoms with E-state index in [4.69, 9.17) is 9.15 Å². The van der Waals surface area contributed by atoms with Gasteiger partial charge in [0.2, 0.25) is 0 Å². The lowest BCUT2D eigenvalue weighted by atomic mass is 10.1. The van der Waals surface area contributed by atoms with Crippen molar-refractivity contribution in [3.63, 3.8) is 0 Å². The highest BCUT2D eigenvalue weighted by atomic mass is 32.1. The zero-order chi connectivity index (χ0) is 13.8. The lowest BCUT2D eigenvalue weighted by Gasteiger charge is -2.33. The lowest BCUT2D eigenvalue weighted by Crippen LogP contribution is -2.42. The molecule has 0 spiro atoms. The highest BCUT2D eigenvalue weighted by Gasteiger charge is 2.28. The fraction of sp³-hybridized carbons (Fsp3) is 0.400. The molecule has 2 aromatic heterocycles. The van der Waals surface area contributed by atoms with Crippen molar-refractivity contribution in [2.45, 2.75) is 25.4 Å². The van der Waals surface area contributed by atoms with Gasteiger partial charge in [0.05, 0.1) is 12.8 Å². The Balaban J connectivity index is 1.80. The minimum absolute atomic E-state index is 0.0321. The topological polar surface area (TPSA) is 42.7 Å². The number of thiophene rings is 1. The molecule has 0 saturated carbocycles. The maximum atomic E-state index is 12.6. The Morgan fingerprint density at radius 2 is 2.15 bits per heavy atom. The van der Waals surface area contributed by atoms with E-state index in [9.17, 15) is 4.79 Å². The molecule has 20 heavy (non-hydrogen) atoms. The van der Waals surface area contributed by atoms with E-state index in [2.05, 4.69) is 6.07 Å². The summed E-state index contributed by atoms with van der Waals surface area (Å²) in [7, 11) is 0. The van der Waals surface area contributed by atoms with Crippen molar-refractivity contribution in [2.24, 2.45) is 0 Å². The van der Waals surface area contributed by atoms with Crippen molar-refractivity contribution in [3.05, 3.63) is 46.5 Å².